The molecule has 3 N–H and O–H groups in total. The molecule has 0 bridgehead atoms. The summed E-state index contributed by atoms with van der Waals surface area (Å²) >= 11 is 0. The molecule has 1 aromatic heterocycles. The van der Waals surface area contributed by atoms with Gasteiger partial charge in [0.15, 0.2) is 11.7 Å². The number of methoxy groups -OCH3 is 1. The van der Waals surface area contributed by atoms with Gasteiger partial charge in [-0.1, -0.05) is 12.1 Å². The van der Waals surface area contributed by atoms with Gasteiger partial charge in [-0.15, -0.1) is 24.0 Å². The summed E-state index contributed by atoms with van der Waals surface area (Å²) < 4.78 is 10.7. The first kappa shape index (κ1) is 25.8. The van der Waals surface area contributed by atoms with E-state index < -0.39 is 0 Å². The van der Waals surface area contributed by atoms with Gasteiger partial charge in [0.2, 0.25) is 0 Å². The second kappa shape index (κ2) is 13.2. The summed E-state index contributed by atoms with van der Waals surface area (Å²) in [4.78, 5) is 19.1. The summed E-state index contributed by atoms with van der Waals surface area (Å²) in [5, 5.41) is 9.73. The van der Waals surface area contributed by atoms with Crippen molar-refractivity contribution in [2.24, 2.45) is 4.99 Å². The molecule has 0 radical (unpaired) electrons. The fourth-order valence-electron chi connectivity index (χ4n) is 3.66. The van der Waals surface area contributed by atoms with Gasteiger partial charge >= 0.3 is 0 Å². The molecule has 0 aliphatic carbocycles. The number of hydrogen-bond donors (Lipinski definition) is 3. The summed E-state index contributed by atoms with van der Waals surface area (Å²) in [6.45, 7) is 7.73. The maximum atomic E-state index is 12.1. The number of para-hydroxylation sites is 2. The van der Waals surface area contributed by atoms with E-state index in [2.05, 4.69) is 38.8 Å². The third-order valence-electron chi connectivity index (χ3n) is 5.26. The average Bonchev–Trinajstić information content (AvgIpc) is 3.42. The minimum atomic E-state index is -0.182. The zero-order valence-corrected chi connectivity index (χ0v) is 21.3. The van der Waals surface area contributed by atoms with Crippen molar-refractivity contribution >= 4 is 41.5 Å². The van der Waals surface area contributed by atoms with E-state index in [1.807, 2.05) is 25.1 Å². The quantitative estimate of drug-likeness (QED) is 0.191. The van der Waals surface area contributed by atoms with Gasteiger partial charge in [0.05, 0.1) is 19.1 Å². The molecule has 2 aromatic rings. The molecule has 1 aromatic carbocycles. The zero-order chi connectivity index (χ0) is 22.1. The van der Waals surface area contributed by atoms with E-state index in [0.717, 1.165) is 55.4 Å². The number of aliphatic imine (C=N–C) groups is 1. The van der Waals surface area contributed by atoms with Gasteiger partial charge in [-0.05, 0) is 44.9 Å². The van der Waals surface area contributed by atoms with Crippen molar-refractivity contribution in [3.63, 3.8) is 0 Å². The van der Waals surface area contributed by atoms with Gasteiger partial charge in [-0.2, -0.15) is 0 Å². The Morgan fingerprint density at radius 2 is 2.09 bits per heavy atom. The van der Waals surface area contributed by atoms with E-state index >= 15 is 0 Å². The number of ether oxygens (including phenoxy) is 1. The largest absolute Gasteiger partial charge is 0.495 e. The van der Waals surface area contributed by atoms with Crippen LogP contribution in [-0.2, 0) is 0 Å². The summed E-state index contributed by atoms with van der Waals surface area (Å²) in [7, 11) is 1.71. The number of nitrogens with one attached hydrogen (secondary N) is 3. The highest BCUT2D eigenvalue weighted by atomic mass is 127. The molecule has 9 heteroatoms. The van der Waals surface area contributed by atoms with Crippen molar-refractivity contribution in [2.45, 2.75) is 32.7 Å². The molecular formula is C23H34IN5O3. The summed E-state index contributed by atoms with van der Waals surface area (Å²) in [5.74, 6) is 1.90. The second-order valence-corrected chi connectivity index (χ2v) is 7.55. The summed E-state index contributed by atoms with van der Waals surface area (Å²) in [6, 6.07) is 10.2. The molecule has 176 valence electrons. The summed E-state index contributed by atoms with van der Waals surface area (Å²) in [5.41, 5.74) is 1.96. The van der Waals surface area contributed by atoms with Gasteiger partial charge in [0.25, 0.3) is 5.91 Å². The number of guanidine groups is 1. The van der Waals surface area contributed by atoms with Crippen molar-refractivity contribution in [1.29, 1.82) is 0 Å². The number of halogens is 1. The van der Waals surface area contributed by atoms with Gasteiger partial charge in [-0.25, -0.2) is 0 Å². The van der Waals surface area contributed by atoms with Crippen molar-refractivity contribution in [1.82, 2.24) is 16.0 Å². The topological polar surface area (TPSA) is 91.1 Å². The Morgan fingerprint density at radius 1 is 1.28 bits per heavy atom. The highest BCUT2D eigenvalue weighted by Gasteiger charge is 2.25. The number of nitrogens with zero attached hydrogens (tertiary/aromatic N) is 2. The van der Waals surface area contributed by atoms with Crippen LogP contribution in [0.5, 0.6) is 5.75 Å². The number of carbonyl (C=O) groups excluding carboxylic acids is 1. The molecule has 1 aliphatic heterocycles. The molecule has 1 saturated heterocycles. The smallest absolute Gasteiger partial charge is 0.287 e. The number of hydrogen-bond acceptors (Lipinski definition) is 5. The predicted molar refractivity (Wildman–Crippen MR) is 139 cm³/mol. The molecule has 1 unspecified atom stereocenters. The molecule has 1 fully saturated rings. The Labute approximate surface area is 207 Å². The Bertz CT molecular complexity index is 886. The maximum absolute atomic E-state index is 12.1. The van der Waals surface area contributed by atoms with Gasteiger partial charge < -0.3 is 30.0 Å². The molecule has 1 amide bonds. The first-order valence-corrected chi connectivity index (χ1v) is 10.9. The highest BCUT2D eigenvalue weighted by Crippen LogP contribution is 2.30. The Kier molecular flexibility index (Phi) is 10.6. The first-order valence-electron chi connectivity index (χ1n) is 10.9. The third-order valence-corrected chi connectivity index (χ3v) is 5.26. The van der Waals surface area contributed by atoms with Crippen LogP contribution in [0, 0.1) is 6.92 Å². The molecule has 32 heavy (non-hydrogen) atoms. The molecular weight excluding hydrogens is 521 g/mol. The number of aryl methyl sites for hydroxylation is 1. The average molecular weight is 555 g/mol. The molecule has 1 aliphatic rings. The first-order chi connectivity index (χ1) is 15.1. The van der Waals surface area contributed by atoms with Crippen molar-refractivity contribution in [3.05, 3.63) is 47.9 Å². The maximum Gasteiger partial charge on any atom is 0.287 e. The lowest BCUT2D eigenvalue weighted by molar-refractivity contribution is 0.0925. The number of anilines is 1. The van der Waals surface area contributed by atoms with Gasteiger partial charge in [0, 0.05) is 44.3 Å². The van der Waals surface area contributed by atoms with Crippen LogP contribution in [0.4, 0.5) is 5.69 Å². The highest BCUT2D eigenvalue weighted by molar-refractivity contribution is 14.0. The number of amides is 1. The normalized spacial score (nSPS) is 15.8. The number of carbonyl (C=O) groups is 1. The minimum absolute atomic E-state index is 0. The SMILES string of the molecule is CCNC(=NCCCNC(=O)c1occc1C)NC1CCN(c2ccccc2OC)C1.I. The lowest BCUT2D eigenvalue weighted by Crippen LogP contribution is -2.44. The number of rotatable bonds is 9. The minimum Gasteiger partial charge on any atom is -0.495 e. The van der Waals surface area contributed by atoms with E-state index in [0.29, 0.717) is 24.9 Å². The van der Waals surface area contributed by atoms with Gasteiger partial charge in [-0.3, -0.25) is 9.79 Å². The number of benzene rings is 1. The molecule has 3 rings (SSSR count). The fraction of sp³-hybridized carbons (Fsp3) is 0.478. The van der Waals surface area contributed by atoms with Crippen LogP contribution < -0.4 is 25.6 Å². The second-order valence-electron chi connectivity index (χ2n) is 7.55. The van der Waals surface area contributed by atoms with E-state index in [-0.39, 0.29) is 29.9 Å². The van der Waals surface area contributed by atoms with Crippen molar-refractivity contribution < 1.29 is 13.9 Å². The molecule has 0 spiro atoms. The molecule has 8 nitrogen and oxygen atoms in total. The van der Waals surface area contributed by atoms with E-state index in [1.54, 1.807) is 13.2 Å². The van der Waals surface area contributed by atoms with E-state index in [9.17, 15) is 4.79 Å². The van der Waals surface area contributed by atoms with Gasteiger partial charge in [0.1, 0.15) is 5.75 Å². The third kappa shape index (κ3) is 7.04. The van der Waals surface area contributed by atoms with Crippen LogP contribution in [0.2, 0.25) is 0 Å². The van der Waals surface area contributed by atoms with Crippen molar-refractivity contribution in [3.8, 4) is 5.75 Å². The van der Waals surface area contributed by atoms with Crippen LogP contribution in [-0.4, -0.2) is 57.7 Å². The molecule has 1 atom stereocenters. The number of furan rings is 1. The molecule has 0 saturated carbocycles. The fourth-order valence-corrected chi connectivity index (χ4v) is 3.66. The zero-order valence-electron chi connectivity index (χ0n) is 19.0. The van der Waals surface area contributed by atoms with Crippen LogP contribution in [0.25, 0.3) is 0 Å². The Balaban J connectivity index is 0.00000363. The van der Waals surface area contributed by atoms with Crippen LogP contribution in [0.1, 0.15) is 35.9 Å². The molecule has 2 heterocycles. The Hall–Kier alpha value is -2.43. The van der Waals surface area contributed by atoms with Crippen molar-refractivity contribution in [2.75, 3.05) is 44.7 Å². The van der Waals surface area contributed by atoms with Crippen LogP contribution in [0.15, 0.2) is 46.0 Å². The lowest BCUT2D eigenvalue weighted by Gasteiger charge is -2.22. The predicted octanol–water partition coefficient (Wildman–Crippen LogP) is 3.17. The van der Waals surface area contributed by atoms with Crippen LogP contribution >= 0.6 is 24.0 Å². The standard InChI is InChI=1S/C23H33N5O3.HI/c1-4-24-23(26-13-7-12-25-22(29)21-17(2)11-15-31-21)27-18-10-14-28(16-18)19-8-5-6-9-20(19)30-3;/h5-6,8-9,11,15,18H,4,7,10,12-14,16H2,1-3H3,(H,25,29)(H2,24,26,27);1H. The van der Waals surface area contributed by atoms with E-state index in [1.165, 1.54) is 6.26 Å². The Morgan fingerprint density at radius 3 is 2.81 bits per heavy atom. The van der Waals surface area contributed by atoms with E-state index in [4.69, 9.17) is 9.15 Å². The van der Waals surface area contributed by atoms with Crippen LogP contribution in [0.3, 0.4) is 0 Å². The summed E-state index contributed by atoms with van der Waals surface area (Å²) in [6.07, 6.45) is 3.31. The monoisotopic (exact) mass is 555 g/mol. The lowest BCUT2D eigenvalue weighted by atomic mass is 10.2.